The molecule has 0 aliphatic carbocycles. The fourth-order valence-corrected chi connectivity index (χ4v) is 4.08. The SMILES string of the molecule is Cc1ccc(C)c(N([C@H](C)C(=O)NCCc2ccccc2)S(C)(=O)=O)c1. The number of nitrogens with zero attached hydrogens (tertiary/aromatic N) is 1. The van der Waals surface area contributed by atoms with Crippen molar-refractivity contribution < 1.29 is 13.2 Å². The van der Waals surface area contributed by atoms with Gasteiger partial charge in [0.2, 0.25) is 15.9 Å². The third-order valence-electron chi connectivity index (χ3n) is 4.25. The van der Waals surface area contributed by atoms with Crippen molar-refractivity contribution in [2.75, 3.05) is 17.1 Å². The van der Waals surface area contributed by atoms with Crippen LogP contribution in [0.3, 0.4) is 0 Å². The lowest BCUT2D eigenvalue weighted by Crippen LogP contribution is -2.48. The first-order valence-electron chi connectivity index (χ1n) is 8.58. The molecule has 5 nitrogen and oxygen atoms in total. The zero-order valence-electron chi connectivity index (χ0n) is 15.7. The van der Waals surface area contributed by atoms with E-state index in [-0.39, 0.29) is 5.91 Å². The van der Waals surface area contributed by atoms with Crippen molar-refractivity contribution in [3.63, 3.8) is 0 Å². The Kier molecular flexibility index (Phi) is 6.42. The molecule has 1 N–H and O–H groups in total. The van der Waals surface area contributed by atoms with Gasteiger partial charge in [0.25, 0.3) is 0 Å². The van der Waals surface area contributed by atoms with Gasteiger partial charge in [0.1, 0.15) is 6.04 Å². The largest absolute Gasteiger partial charge is 0.354 e. The number of anilines is 1. The topological polar surface area (TPSA) is 66.5 Å². The molecular weight excluding hydrogens is 348 g/mol. The number of carbonyl (C=O) groups is 1. The summed E-state index contributed by atoms with van der Waals surface area (Å²) in [4.78, 5) is 12.6. The molecule has 0 aliphatic rings. The highest BCUT2D eigenvalue weighted by Gasteiger charge is 2.29. The van der Waals surface area contributed by atoms with Gasteiger partial charge in [-0.25, -0.2) is 8.42 Å². The van der Waals surface area contributed by atoms with Crippen LogP contribution in [-0.2, 0) is 21.2 Å². The van der Waals surface area contributed by atoms with E-state index >= 15 is 0 Å². The van der Waals surface area contributed by atoms with Crippen LogP contribution in [-0.4, -0.2) is 33.2 Å². The van der Waals surface area contributed by atoms with Crippen molar-refractivity contribution in [1.29, 1.82) is 0 Å². The lowest BCUT2D eigenvalue weighted by Gasteiger charge is -2.29. The molecule has 0 saturated heterocycles. The van der Waals surface area contributed by atoms with Crippen LogP contribution in [0.25, 0.3) is 0 Å². The Hall–Kier alpha value is -2.34. The third kappa shape index (κ3) is 5.08. The number of hydrogen-bond donors (Lipinski definition) is 1. The summed E-state index contributed by atoms with van der Waals surface area (Å²) in [5, 5.41) is 2.84. The molecule has 0 aromatic heterocycles. The van der Waals surface area contributed by atoms with Crippen LogP contribution in [0.1, 0.15) is 23.6 Å². The number of aryl methyl sites for hydroxylation is 2. The number of nitrogens with one attached hydrogen (secondary N) is 1. The van der Waals surface area contributed by atoms with E-state index in [1.807, 2.05) is 56.3 Å². The molecule has 0 fully saturated rings. The van der Waals surface area contributed by atoms with Crippen molar-refractivity contribution in [1.82, 2.24) is 5.32 Å². The number of benzene rings is 2. The molecule has 0 heterocycles. The van der Waals surface area contributed by atoms with Crippen LogP contribution in [0, 0.1) is 13.8 Å². The average Bonchev–Trinajstić information content (AvgIpc) is 2.57. The Labute approximate surface area is 156 Å². The molecule has 0 spiro atoms. The van der Waals surface area contributed by atoms with Crippen LogP contribution in [0.4, 0.5) is 5.69 Å². The highest BCUT2D eigenvalue weighted by Crippen LogP contribution is 2.26. The molecule has 140 valence electrons. The summed E-state index contributed by atoms with van der Waals surface area (Å²) in [6.07, 6.45) is 1.82. The Morgan fingerprint density at radius 1 is 1.12 bits per heavy atom. The van der Waals surface area contributed by atoms with E-state index in [1.165, 1.54) is 4.31 Å². The standard InChI is InChI=1S/C20H26N2O3S/c1-15-10-11-16(2)19(14-15)22(26(4,24)25)17(3)20(23)21-13-12-18-8-6-5-7-9-18/h5-11,14,17H,12-13H2,1-4H3,(H,21,23)/t17-/m1/s1. The van der Waals surface area contributed by atoms with Gasteiger partial charge >= 0.3 is 0 Å². The molecule has 1 atom stereocenters. The number of hydrogen-bond acceptors (Lipinski definition) is 3. The quantitative estimate of drug-likeness (QED) is 0.810. The lowest BCUT2D eigenvalue weighted by molar-refractivity contribution is -0.121. The predicted molar refractivity (Wildman–Crippen MR) is 106 cm³/mol. The number of sulfonamides is 1. The van der Waals surface area contributed by atoms with Gasteiger partial charge in [0.15, 0.2) is 0 Å². The van der Waals surface area contributed by atoms with Crippen LogP contribution >= 0.6 is 0 Å². The van der Waals surface area contributed by atoms with Gasteiger partial charge in [-0.15, -0.1) is 0 Å². The minimum absolute atomic E-state index is 0.313. The van der Waals surface area contributed by atoms with E-state index < -0.39 is 16.1 Å². The van der Waals surface area contributed by atoms with Gasteiger partial charge < -0.3 is 5.32 Å². The van der Waals surface area contributed by atoms with Crippen LogP contribution in [0.15, 0.2) is 48.5 Å². The molecule has 0 bridgehead atoms. The molecule has 0 radical (unpaired) electrons. The first kappa shape index (κ1) is 20.0. The van der Waals surface area contributed by atoms with E-state index in [0.717, 1.165) is 22.9 Å². The normalized spacial score (nSPS) is 12.5. The zero-order chi connectivity index (χ0) is 19.3. The molecule has 0 unspecified atom stereocenters. The van der Waals surface area contributed by atoms with Crippen molar-refractivity contribution in [2.24, 2.45) is 0 Å². The maximum Gasteiger partial charge on any atom is 0.243 e. The van der Waals surface area contributed by atoms with Crippen molar-refractivity contribution in [2.45, 2.75) is 33.2 Å². The Morgan fingerprint density at radius 2 is 1.77 bits per heavy atom. The Morgan fingerprint density at radius 3 is 2.38 bits per heavy atom. The second-order valence-corrected chi connectivity index (χ2v) is 8.41. The fraction of sp³-hybridized carbons (Fsp3) is 0.350. The summed E-state index contributed by atoms with van der Waals surface area (Å²) >= 11 is 0. The van der Waals surface area contributed by atoms with E-state index in [0.29, 0.717) is 18.7 Å². The number of amides is 1. The minimum atomic E-state index is -3.61. The molecule has 2 aromatic carbocycles. The summed E-state index contributed by atoms with van der Waals surface area (Å²) < 4.78 is 26.0. The number of carbonyl (C=O) groups excluding carboxylic acids is 1. The minimum Gasteiger partial charge on any atom is -0.354 e. The Balaban J connectivity index is 2.15. The molecule has 2 rings (SSSR count). The summed E-state index contributed by atoms with van der Waals surface area (Å²) in [5.74, 6) is -0.313. The summed E-state index contributed by atoms with van der Waals surface area (Å²) in [5.41, 5.74) is 3.41. The average molecular weight is 375 g/mol. The van der Waals surface area contributed by atoms with Crippen molar-refractivity contribution in [3.05, 3.63) is 65.2 Å². The van der Waals surface area contributed by atoms with Crippen LogP contribution < -0.4 is 9.62 Å². The van der Waals surface area contributed by atoms with Crippen LogP contribution in [0.2, 0.25) is 0 Å². The van der Waals surface area contributed by atoms with Crippen LogP contribution in [0.5, 0.6) is 0 Å². The van der Waals surface area contributed by atoms with Gasteiger partial charge in [-0.2, -0.15) is 0 Å². The smallest absolute Gasteiger partial charge is 0.243 e. The summed E-state index contributed by atoms with van der Waals surface area (Å²) in [6.45, 7) is 5.80. The molecule has 6 heteroatoms. The van der Waals surface area contributed by atoms with E-state index in [1.54, 1.807) is 13.0 Å². The highest BCUT2D eigenvalue weighted by molar-refractivity contribution is 7.92. The molecule has 1 amide bonds. The van der Waals surface area contributed by atoms with E-state index in [2.05, 4.69) is 5.32 Å². The summed E-state index contributed by atoms with van der Waals surface area (Å²) in [7, 11) is -3.61. The molecular formula is C20H26N2O3S. The first-order valence-corrected chi connectivity index (χ1v) is 10.4. The molecule has 0 aliphatic heterocycles. The van der Waals surface area contributed by atoms with Gasteiger partial charge in [-0.05, 0) is 49.9 Å². The second kappa shape index (κ2) is 8.36. The van der Waals surface area contributed by atoms with Gasteiger partial charge in [0, 0.05) is 6.54 Å². The van der Waals surface area contributed by atoms with Gasteiger partial charge in [0.05, 0.1) is 11.9 Å². The third-order valence-corrected chi connectivity index (χ3v) is 5.47. The Bertz CT molecular complexity index is 864. The van der Waals surface area contributed by atoms with Crippen molar-refractivity contribution in [3.8, 4) is 0 Å². The maximum atomic E-state index is 12.6. The van der Waals surface area contributed by atoms with E-state index in [4.69, 9.17) is 0 Å². The number of rotatable bonds is 7. The van der Waals surface area contributed by atoms with Gasteiger partial charge in [-0.1, -0.05) is 42.5 Å². The molecule has 2 aromatic rings. The zero-order valence-corrected chi connectivity index (χ0v) is 16.5. The lowest BCUT2D eigenvalue weighted by atomic mass is 10.1. The van der Waals surface area contributed by atoms with Gasteiger partial charge in [-0.3, -0.25) is 9.10 Å². The fourth-order valence-electron chi connectivity index (χ4n) is 2.86. The maximum absolute atomic E-state index is 12.6. The van der Waals surface area contributed by atoms with E-state index in [9.17, 15) is 13.2 Å². The highest BCUT2D eigenvalue weighted by atomic mass is 32.2. The monoisotopic (exact) mass is 374 g/mol. The molecule has 0 saturated carbocycles. The van der Waals surface area contributed by atoms with Crippen molar-refractivity contribution >= 4 is 21.6 Å². The predicted octanol–water partition coefficient (Wildman–Crippen LogP) is 2.82. The summed E-state index contributed by atoms with van der Waals surface area (Å²) in [6, 6.07) is 14.6. The second-order valence-electron chi connectivity index (χ2n) is 6.55. The molecule has 26 heavy (non-hydrogen) atoms. The first-order chi connectivity index (χ1) is 12.2.